The van der Waals surface area contributed by atoms with Crippen LogP contribution in [-0.2, 0) is 0 Å². The van der Waals surface area contributed by atoms with E-state index < -0.39 is 35.6 Å². The van der Waals surface area contributed by atoms with Crippen molar-refractivity contribution < 1.29 is 25.5 Å². The fourth-order valence-electron chi connectivity index (χ4n) is 1.11. The van der Waals surface area contributed by atoms with Gasteiger partial charge in [0.2, 0.25) is 0 Å². The molecule has 0 aromatic rings. The topological polar surface area (TPSA) is 101 Å². The molecule has 0 aromatic carbocycles. The molecule has 1 saturated heterocycles. The lowest BCUT2D eigenvalue weighted by molar-refractivity contribution is -0.0333. The number of aliphatic hydroxyl groups is 5. The van der Waals surface area contributed by atoms with Crippen LogP contribution >= 0.6 is 11.8 Å². The van der Waals surface area contributed by atoms with Crippen molar-refractivity contribution in [2.75, 3.05) is 6.61 Å². The van der Waals surface area contributed by atoms with Crippen LogP contribution in [0.3, 0.4) is 0 Å². The van der Waals surface area contributed by atoms with E-state index in [4.69, 9.17) is 20.4 Å². The van der Waals surface area contributed by atoms with Gasteiger partial charge in [-0.1, -0.05) is 0 Å². The molecule has 0 aromatic heterocycles. The summed E-state index contributed by atoms with van der Waals surface area (Å²) in [5.74, 6) is 0. The van der Waals surface area contributed by atoms with Crippen molar-refractivity contribution in [3.63, 3.8) is 0 Å². The first-order valence-electron chi connectivity index (χ1n) is 3.56. The first kappa shape index (κ1) is 10.2. The standard InChI is InChI=1S/C6H12O5S/c7-1-2(8)5-3(9)4(10)6(11)12-5/h2-11H,1H2/t2?,3-,4+,5-,6?/m1/s1. The zero-order valence-corrected chi connectivity index (χ0v) is 7.05. The smallest absolute Gasteiger partial charge is 0.128 e. The van der Waals surface area contributed by atoms with Crippen LogP contribution in [0, 0.1) is 0 Å². The van der Waals surface area contributed by atoms with E-state index in [0.29, 0.717) is 0 Å². The zero-order chi connectivity index (χ0) is 9.30. The number of hydrogen-bond acceptors (Lipinski definition) is 6. The van der Waals surface area contributed by atoms with E-state index >= 15 is 0 Å². The molecule has 5 atom stereocenters. The molecule has 2 unspecified atom stereocenters. The minimum atomic E-state index is -1.25. The van der Waals surface area contributed by atoms with Crippen molar-refractivity contribution in [1.29, 1.82) is 0 Å². The Morgan fingerprint density at radius 2 is 1.75 bits per heavy atom. The van der Waals surface area contributed by atoms with Crippen LogP contribution in [0.25, 0.3) is 0 Å². The van der Waals surface area contributed by atoms with Gasteiger partial charge in [0.1, 0.15) is 11.5 Å². The van der Waals surface area contributed by atoms with Crippen molar-refractivity contribution in [2.24, 2.45) is 0 Å². The van der Waals surface area contributed by atoms with Crippen LogP contribution in [0.15, 0.2) is 0 Å². The highest BCUT2D eigenvalue weighted by Gasteiger charge is 2.44. The Hall–Kier alpha value is 0.150. The zero-order valence-electron chi connectivity index (χ0n) is 6.24. The van der Waals surface area contributed by atoms with E-state index in [2.05, 4.69) is 0 Å². The third-order valence-corrected chi connectivity index (χ3v) is 3.31. The first-order valence-corrected chi connectivity index (χ1v) is 4.50. The molecule has 5 nitrogen and oxygen atoms in total. The molecule has 12 heavy (non-hydrogen) atoms. The minimum Gasteiger partial charge on any atom is -0.394 e. The van der Waals surface area contributed by atoms with E-state index in [1.165, 1.54) is 0 Å². The van der Waals surface area contributed by atoms with Gasteiger partial charge in [-0.2, -0.15) is 0 Å². The SMILES string of the molecule is OCC(O)[C@H]1SC(O)[C@@H](O)[C@H]1O. The Morgan fingerprint density at radius 1 is 1.17 bits per heavy atom. The van der Waals surface area contributed by atoms with Crippen molar-refractivity contribution in [3.05, 3.63) is 0 Å². The lowest BCUT2D eigenvalue weighted by atomic mass is 10.1. The van der Waals surface area contributed by atoms with Crippen molar-refractivity contribution in [3.8, 4) is 0 Å². The van der Waals surface area contributed by atoms with Crippen LogP contribution in [0.4, 0.5) is 0 Å². The van der Waals surface area contributed by atoms with Crippen LogP contribution in [0.5, 0.6) is 0 Å². The summed E-state index contributed by atoms with van der Waals surface area (Å²) < 4.78 is 0. The molecule has 0 saturated carbocycles. The highest BCUT2D eigenvalue weighted by molar-refractivity contribution is 8.00. The van der Waals surface area contributed by atoms with Gasteiger partial charge in [-0.25, -0.2) is 0 Å². The maximum absolute atomic E-state index is 9.23. The Kier molecular flexibility index (Phi) is 3.33. The van der Waals surface area contributed by atoms with Gasteiger partial charge in [0, 0.05) is 0 Å². The lowest BCUT2D eigenvalue weighted by Crippen LogP contribution is -2.39. The fourth-order valence-corrected chi connectivity index (χ4v) is 2.34. The summed E-state index contributed by atoms with van der Waals surface area (Å²) in [4.78, 5) is 0. The van der Waals surface area contributed by atoms with Crippen molar-refractivity contribution >= 4 is 11.8 Å². The maximum atomic E-state index is 9.23. The second-order valence-corrected chi connectivity index (χ2v) is 4.02. The third kappa shape index (κ3) is 1.73. The van der Waals surface area contributed by atoms with Gasteiger partial charge in [-0.3, -0.25) is 0 Å². The minimum absolute atomic E-state index is 0.492. The number of thioether (sulfide) groups is 1. The van der Waals surface area contributed by atoms with E-state index in [1.54, 1.807) is 0 Å². The molecule has 72 valence electrons. The molecule has 5 N–H and O–H groups in total. The summed E-state index contributed by atoms with van der Waals surface area (Å²) in [6.07, 6.45) is -3.55. The molecular weight excluding hydrogens is 184 g/mol. The average Bonchev–Trinajstić information content (AvgIpc) is 2.32. The summed E-state index contributed by atoms with van der Waals surface area (Å²) in [5, 5.41) is 44.3. The molecule has 1 aliphatic rings. The molecule has 1 aliphatic heterocycles. The van der Waals surface area contributed by atoms with Crippen LogP contribution in [-0.4, -0.2) is 61.1 Å². The van der Waals surface area contributed by atoms with Crippen LogP contribution in [0.1, 0.15) is 0 Å². The Labute approximate surface area is 73.7 Å². The number of aliphatic hydroxyl groups excluding tert-OH is 5. The highest BCUT2D eigenvalue weighted by atomic mass is 32.2. The summed E-state index contributed by atoms with van der Waals surface area (Å²) in [6, 6.07) is 0. The van der Waals surface area contributed by atoms with Gasteiger partial charge in [0.05, 0.1) is 24.1 Å². The molecule has 0 amide bonds. The molecule has 6 heteroatoms. The largest absolute Gasteiger partial charge is 0.394 e. The Bertz CT molecular complexity index is 155. The van der Waals surface area contributed by atoms with Gasteiger partial charge in [-0.05, 0) is 0 Å². The van der Waals surface area contributed by atoms with E-state index in [1.807, 2.05) is 0 Å². The molecule has 0 radical (unpaired) electrons. The molecule has 1 heterocycles. The predicted octanol–water partition coefficient (Wildman–Crippen LogP) is -2.50. The quantitative estimate of drug-likeness (QED) is 0.334. The Morgan fingerprint density at radius 3 is 2.08 bits per heavy atom. The second kappa shape index (κ2) is 3.91. The number of hydrogen-bond donors (Lipinski definition) is 5. The van der Waals surface area contributed by atoms with Gasteiger partial charge < -0.3 is 25.5 Å². The summed E-state index contributed by atoms with van der Waals surface area (Å²) in [7, 11) is 0. The highest BCUT2D eigenvalue weighted by Crippen LogP contribution is 2.34. The average molecular weight is 196 g/mol. The summed E-state index contributed by atoms with van der Waals surface area (Å²) >= 11 is 0.860. The van der Waals surface area contributed by atoms with Crippen LogP contribution in [0.2, 0.25) is 0 Å². The van der Waals surface area contributed by atoms with E-state index in [9.17, 15) is 5.11 Å². The number of rotatable bonds is 2. The Balaban J connectivity index is 2.58. The second-order valence-electron chi connectivity index (χ2n) is 2.72. The van der Waals surface area contributed by atoms with Crippen molar-refractivity contribution in [1.82, 2.24) is 0 Å². The molecule has 0 aliphatic carbocycles. The molecule has 1 rings (SSSR count). The summed E-state index contributed by atoms with van der Waals surface area (Å²) in [6.45, 7) is -0.492. The van der Waals surface area contributed by atoms with E-state index in [-0.39, 0.29) is 0 Å². The normalized spacial score (nSPS) is 44.8. The lowest BCUT2D eigenvalue weighted by Gasteiger charge is -2.18. The van der Waals surface area contributed by atoms with Gasteiger partial charge >= 0.3 is 0 Å². The molecule has 1 fully saturated rings. The van der Waals surface area contributed by atoms with Gasteiger partial charge in [-0.15, -0.1) is 11.8 Å². The summed E-state index contributed by atoms with van der Waals surface area (Å²) in [5.41, 5.74) is -1.09. The predicted molar refractivity (Wildman–Crippen MR) is 42.5 cm³/mol. The van der Waals surface area contributed by atoms with Gasteiger partial charge in [0.15, 0.2) is 0 Å². The van der Waals surface area contributed by atoms with Crippen molar-refractivity contribution in [2.45, 2.75) is 29.0 Å². The maximum Gasteiger partial charge on any atom is 0.128 e. The molecule has 0 bridgehead atoms. The monoisotopic (exact) mass is 196 g/mol. The van der Waals surface area contributed by atoms with Crippen LogP contribution < -0.4 is 0 Å². The first-order chi connectivity index (χ1) is 5.57. The molecular formula is C6H12O5S. The van der Waals surface area contributed by atoms with E-state index in [0.717, 1.165) is 11.8 Å². The third-order valence-electron chi connectivity index (χ3n) is 1.84. The molecule has 0 spiro atoms. The fraction of sp³-hybridized carbons (Fsp3) is 1.00. The van der Waals surface area contributed by atoms with Gasteiger partial charge in [0.25, 0.3) is 0 Å².